The fourth-order valence-electron chi connectivity index (χ4n) is 3.37. The highest BCUT2D eigenvalue weighted by atomic mass is 35.5. The van der Waals surface area contributed by atoms with Crippen LogP contribution < -0.4 is 0 Å². The summed E-state index contributed by atoms with van der Waals surface area (Å²) in [6, 6.07) is 10.1. The largest absolute Gasteiger partial charge is 0.370 e. The zero-order chi connectivity index (χ0) is 17.4. The number of methoxy groups -OCH3 is 1. The minimum Gasteiger partial charge on any atom is -0.370 e. The minimum absolute atomic E-state index is 0.240. The summed E-state index contributed by atoms with van der Waals surface area (Å²) in [5.41, 5.74) is 6.51. The average molecular weight is 352 g/mol. The Morgan fingerprint density at radius 3 is 2.92 bits per heavy atom. The number of aromatic nitrogens is 3. The van der Waals surface area contributed by atoms with Crippen LogP contribution in [-0.4, -0.2) is 21.6 Å². The highest BCUT2D eigenvalue weighted by Gasteiger charge is 2.25. The molecule has 25 heavy (non-hydrogen) atoms. The molecule has 1 aromatic carbocycles. The fraction of sp³-hybridized carbons (Fsp3) is 0.200. The van der Waals surface area contributed by atoms with Crippen molar-refractivity contribution in [1.29, 1.82) is 0 Å². The van der Waals surface area contributed by atoms with Gasteiger partial charge in [0.2, 0.25) is 0 Å². The van der Waals surface area contributed by atoms with Crippen LogP contribution in [0.5, 0.6) is 0 Å². The van der Waals surface area contributed by atoms with Crippen LogP contribution in [0.15, 0.2) is 49.1 Å². The minimum atomic E-state index is -0.240. The van der Waals surface area contributed by atoms with Gasteiger partial charge in [0.15, 0.2) is 0 Å². The number of rotatable bonds is 3. The normalized spacial score (nSPS) is 14.3. The molecule has 0 saturated heterocycles. The monoisotopic (exact) mass is 351 g/mol. The third kappa shape index (κ3) is 2.88. The summed E-state index contributed by atoms with van der Waals surface area (Å²) in [5, 5.41) is 0.712. The Morgan fingerprint density at radius 1 is 1.28 bits per heavy atom. The van der Waals surface area contributed by atoms with Crippen molar-refractivity contribution in [3.8, 4) is 0 Å². The SMILES string of the molecule is COC(C1=Cc2cccnc2Cc2ccc(Cl)cc21)c1cncn1C. The van der Waals surface area contributed by atoms with Crippen molar-refractivity contribution in [3.63, 3.8) is 0 Å². The second kappa shape index (κ2) is 6.47. The lowest BCUT2D eigenvalue weighted by atomic mass is 9.93. The molecule has 2 heterocycles. The van der Waals surface area contributed by atoms with Crippen LogP contribution in [0.1, 0.15) is 34.2 Å². The number of pyridine rings is 1. The van der Waals surface area contributed by atoms with Gasteiger partial charge in [-0.3, -0.25) is 4.98 Å². The molecule has 1 atom stereocenters. The van der Waals surface area contributed by atoms with E-state index in [1.54, 1.807) is 13.4 Å². The van der Waals surface area contributed by atoms with E-state index in [9.17, 15) is 0 Å². The van der Waals surface area contributed by atoms with E-state index >= 15 is 0 Å². The van der Waals surface area contributed by atoms with Crippen molar-refractivity contribution in [2.45, 2.75) is 12.5 Å². The summed E-state index contributed by atoms with van der Waals surface area (Å²) in [7, 11) is 3.69. The van der Waals surface area contributed by atoms with Gasteiger partial charge < -0.3 is 9.30 Å². The highest BCUT2D eigenvalue weighted by molar-refractivity contribution is 6.30. The molecule has 0 amide bonds. The van der Waals surface area contributed by atoms with Gasteiger partial charge in [-0.15, -0.1) is 0 Å². The first-order chi connectivity index (χ1) is 12.2. The number of nitrogens with zero attached hydrogens (tertiary/aromatic N) is 3. The predicted octanol–water partition coefficient (Wildman–Crippen LogP) is 4.30. The zero-order valence-electron chi connectivity index (χ0n) is 14.1. The summed E-state index contributed by atoms with van der Waals surface area (Å²) >= 11 is 6.31. The number of ether oxygens (including phenoxy) is 1. The van der Waals surface area contributed by atoms with Crippen LogP contribution >= 0.6 is 11.6 Å². The molecule has 0 N–H and O–H groups in total. The molecule has 4 rings (SSSR count). The molecule has 0 bridgehead atoms. The van der Waals surface area contributed by atoms with Gasteiger partial charge in [0.05, 0.1) is 23.9 Å². The Labute approximate surface area is 151 Å². The molecule has 2 aromatic heterocycles. The van der Waals surface area contributed by atoms with E-state index in [4.69, 9.17) is 16.3 Å². The molecule has 1 aliphatic carbocycles. The van der Waals surface area contributed by atoms with Crippen LogP contribution in [0.3, 0.4) is 0 Å². The topological polar surface area (TPSA) is 39.9 Å². The van der Waals surface area contributed by atoms with Crippen molar-refractivity contribution in [3.05, 3.63) is 82.2 Å². The number of halogens is 1. The summed E-state index contributed by atoms with van der Waals surface area (Å²) in [5.74, 6) is 0. The van der Waals surface area contributed by atoms with Gasteiger partial charge in [0.1, 0.15) is 6.10 Å². The molecule has 0 saturated carbocycles. The van der Waals surface area contributed by atoms with E-state index in [2.05, 4.69) is 28.2 Å². The molecule has 0 radical (unpaired) electrons. The van der Waals surface area contributed by atoms with Gasteiger partial charge >= 0.3 is 0 Å². The number of imidazole rings is 1. The van der Waals surface area contributed by atoms with E-state index in [1.807, 2.05) is 42.2 Å². The Bertz CT molecular complexity index is 961. The molecule has 4 nitrogen and oxygen atoms in total. The number of hydrogen-bond donors (Lipinski definition) is 0. The summed E-state index contributed by atoms with van der Waals surface area (Å²) < 4.78 is 7.87. The van der Waals surface area contributed by atoms with Crippen molar-refractivity contribution >= 4 is 23.3 Å². The van der Waals surface area contributed by atoms with Gasteiger partial charge in [0.25, 0.3) is 0 Å². The summed E-state index contributed by atoms with van der Waals surface area (Å²) in [4.78, 5) is 8.81. The summed E-state index contributed by atoms with van der Waals surface area (Å²) in [6.07, 6.45) is 8.15. The van der Waals surface area contributed by atoms with E-state index in [0.717, 1.165) is 34.5 Å². The lowest BCUT2D eigenvalue weighted by Gasteiger charge is -2.21. The summed E-state index contributed by atoms with van der Waals surface area (Å²) in [6.45, 7) is 0. The molecule has 0 aliphatic heterocycles. The quantitative estimate of drug-likeness (QED) is 0.706. The van der Waals surface area contributed by atoms with Crippen LogP contribution in [0.2, 0.25) is 5.02 Å². The smallest absolute Gasteiger partial charge is 0.124 e. The first kappa shape index (κ1) is 16.1. The number of hydrogen-bond acceptors (Lipinski definition) is 3. The maximum atomic E-state index is 6.31. The molecule has 1 aliphatic rings. The third-order valence-electron chi connectivity index (χ3n) is 4.62. The highest BCUT2D eigenvalue weighted by Crippen LogP contribution is 2.39. The van der Waals surface area contributed by atoms with Crippen molar-refractivity contribution in [1.82, 2.24) is 14.5 Å². The molecular weight excluding hydrogens is 334 g/mol. The second-order valence-corrected chi connectivity index (χ2v) is 6.60. The zero-order valence-corrected chi connectivity index (χ0v) is 14.9. The third-order valence-corrected chi connectivity index (χ3v) is 4.85. The van der Waals surface area contributed by atoms with E-state index < -0.39 is 0 Å². The van der Waals surface area contributed by atoms with Crippen LogP contribution in [0, 0.1) is 0 Å². The Kier molecular flexibility index (Phi) is 4.15. The second-order valence-electron chi connectivity index (χ2n) is 6.16. The lowest BCUT2D eigenvalue weighted by molar-refractivity contribution is 0.145. The Balaban J connectivity index is 1.96. The van der Waals surface area contributed by atoms with E-state index in [1.165, 1.54) is 5.56 Å². The Hall–Kier alpha value is -2.43. The van der Waals surface area contributed by atoms with Crippen LogP contribution in [0.4, 0.5) is 0 Å². The Morgan fingerprint density at radius 2 is 2.16 bits per heavy atom. The van der Waals surface area contributed by atoms with Gasteiger partial charge in [0, 0.05) is 31.8 Å². The molecule has 0 spiro atoms. The molecular formula is C20H18ClN3O. The van der Waals surface area contributed by atoms with E-state index in [-0.39, 0.29) is 6.10 Å². The van der Waals surface area contributed by atoms with Crippen molar-refractivity contribution < 1.29 is 4.74 Å². The molecule has 3 aromatic rings. The van der Waals surface area contributed by atoms with Gasteiger partial charge in [-0.25, -0.2) is 4.98 Å². The molecule has 5 heteroatoms. The van der Waals surface area contributed by atoms with Gasteiger partial charge in [-0.1, -0.05) is 23.7 Å². The van der Waals surface area contributed by atoms with Gasteiger partial charge in [-0.2, -0.15) is 0 Å². The fourth-order valence-corrected chi connectivity index (χ4v) is 3.54. The predicted molar refractivity (Wildman–Crippen MR) is 99.3 cm³/mol. The van der Waals surface area contributed by atoms with Crippen LogP contribution in [0.25, 0.3) is 11.6 Å². The van der Waals surface area contributed by atoms with Crippen LogP contribution in [-0.2, 0) is 18.2 Å². The molecule has 126 valence electrons. The maximum Gasteiger partial charge on any atom is 0.124 e. The lowest BCUT2D eigenvalue weighted by Crippen LogP contribution is -2.09. The molecule has 1 unspecified atom stereocenters. The first-order valence-corrected chi connectivity index (χ1v) is 8.48. The number of benzene rings is 1. The van der Waals surface area contributed by atoms with Crippen molar-refractivity contribution in [2.24, 2.45) is 7.05 Å². The maximum absolute atomic E-state index is 6.31. The van der Waals surface area contributed by atoms with Crippen molar-refractivity contribution in [2.75, 3.05) is 7.11 Å². The standard InChI is InChI=1S/C20H18ClN3O/c1-24-12-22-11-19(24)20(25-2)17-8-14-4-3-7-23-18(14)9-13-5-6-15(21)10-16(13)17/h3-8,10-12,20H,9H2,1-2H3. The number of fused-ring (bicyclic) bond motifs is 2. The van der Waals surface area contributed by atoms with E-state index in [0.29, 0.717) is 5.02 Å². The average Bonchev–Trinajstić information content (AvgIpc) is 2.96. The van der Waals surface area contributed by atoms with Gasteiger partial charge in [-0.05, 0) is 46.5 Å². The number of aryl methyl sites for hydroxylation is 1. The molecule has 0 fully saturated rings. The first-order valence-electron chi connectivity index (χ1n) is 8.10.